The van der Waals surface area contributed by atoms with Gasteiger partial charge in [0.1, 0.15) is 11.4 Å². The predicted molar refractivity (Wildman–Crippen MR) is 54.9 cm³/mol. The highest BCUT2D eigenvalue weighted by Gasteiger charge is 2.38. The van der Waals surface area contributed by atoms with Crippen LogP contribution in [0.3, 0.4) is 0 Å². The molecule has 2 unspecified atom stereocenters. The largest absolute Gasteiger partial charge is 0.385 e. The summed E-state index contributed by atoms with van der Waals surface area (Å²) in [6.45, 7) is 2.25. The van der Waals surface area contributed by atoms with Crippen molar-refractivity contribution in [2.24, 2.45) is 16.6 Å². The number of rotatable bonds is 2. The molecule has 0 bridgehead atoms. The number of nitrogens with two attached hydrogens (primary N) is 1. The van der Waals surface area contributed by atoms with Gasteiger partial charge < -0.3 is 10.5 Å². The quantitative estimate of drug-likeness (QED) is 0.523. The second-order valence-electron chi connectivity index (χ2n) is 4.01. The molecule has 13 heavy (non-hydrogen) atoms. The molecule has 3 nitrogen and oxygen atoms in total. The van der Waals surface area contributed by atoms with Gasteiger partial charge in [0.15, 0.2) is 0 Å². The van der Waals surface area contributed by atoms with Crippen molar-refractivity contribution in [1.29, 1.82) is 0 Å². The van der Waals surface area contributed by atoms with Crippen molar-refractivity contribution in [2.45, 2.75) is 38.2 Å². The number of methoxy groups -OCH3 is 1. The average molecular weight is 184 g/mol. The van der Waals surface area contributed by atoms with E-state index in [4.69, 9.17) is 10.5 Å². The van der Waals surface area contributed by atoms with Crippen LogP contribution in [0, 0.1) is 5.92 Å². The Hall–Kier alpha value is -0.570. The van der Waals surface area contributed by atoms with Crippen LogP contribution in [0.4, 0.5) is 0 Å². The van der Waals surface area contributed by atoms with Crippen molar-refractivity contribution in [3.63, 3.8) is 0 Å². The highest BCUT2D eigenvalue weighted by molar-refractivity contribution is 5.89. The third-order valence-electron chi connectivity index (χ3n) is 3.05. The second kappa shape index (κ2) is 4.09. The van der Waals surface area contributed by atoms with Crippen LogP contribution in [0.15, 0.2) is 4.99 Å². The molecule has 76 valence electrons. The summed E-state index contributed by atoms with van der Waals surface area (Å²) in [6.07, 6.45) is 4.48. The molecule has 2 atom stereocenters. The van der Waals surface area contributed by atoms with Gasteiger partial charge in [-0.1, -0.05) is 13.3 Å². The molecule has 0 heterocycles. The molecule has 0 saturated heterocycles. The number of amidine groups is 1. The summed E-state index contributed by atoms with van der Waals surface area (Å²) in [7, 11) is 3.46. The SMILES string of the molecule is CN=C(N)C1(OC)CCCC(C)C1. The standard InChI is InChI=1S/C10H20N2O/c1-8-5-4-6-10(7-8,13-3)9(11)12-2/h8H,4-7H2,1-3H3,(H2,11,12). The summed E-state index contributed by atoms with van der Waals surface area (Å²) < 4.78 is 5.55. The lowest BCUT2D eigenvalue weighted by molar-refractivity contribution is 0.00302. The van der Waals surface area contributed by atoms with Gasteiger partial charge in [-0.05, 0) is 25.2 Å². The molecule has 0 amide bonds. The van der Waals surface area contributed by atoms with Crippen LogP contribution in [0.2, 0.25) is 0 Å². The van der Waals surface area contributed by atoms with Crippen LogP contribution in [-0.4, -0.2) is 25.6 Å². The van der Waals surface area contributed by atoms with E-state index in [2.05, 4.69) is 11.9 Å². The summed E-state index contributed by atoms with van der Waals surface area (Å²) in [5.41, 5.74) is 5.61. The summed E-state index contributed by atoms with van der Waals surface area (Å²) >= 11 is 0. The van der Waals surface area contributed by atoms with E-state index in [0.29, 0.717) is 11.8 Å². The van der Waals surface area contributed by atoms with Gasteiger partial charge in [-0.2, -0.15) is 0 Å². The van der Waals surface area contributed by atoms with E-state index < -0.39 is 0 Å². The highest BCUT2D eigenvalue weighted by atomic mass is 16.5. The summed E-state index contributed by atoms with van der Waals surface area (Å²) in [6, 6.07) is 0. The molecule has 1 aliphatic rings. The number of hydrogen-bond donors (Lipinski definition) is 1. The lowest BCUT2D eigenvalue weighted by Crippen LogP contribution is -2.48. The molecule has 0 radical (unpaired) electrons. The van der Waals surface area contributed by atoms with Gasteiger partial charge >= 0.3 is 0 Å². The summed E-state index contributed by atoms with van der Waals surface area (Å²) in [5, 5.41) is 0. The Labute approximate surface area is 80.4 Å². The van der Waals surface area contributed by atoms with E-state index in [-0.39, 0.29) is 5.60 Å². The van der Waals surface area contributed by atoms with Crippen LogP contribution in [0.25, 0.3) is 0 Å². The molecular formula is C10H20N2O. The molecule has 1 fully saturated rings. The van der Waals surface area contributed by atoms with Gasteiger partial charge in [-0.3, -0.25) is 4.99 Å². The lowest BCUT2D eigenvalue weighted by atomic mass is 9.78. The zero-order valence-electron chi connectivity index (χ0n) is 8.84. The lowest BCUT2D eigenvalue weighted by Gasteiger charge is -2.38. The first kappa shape index (κ1) is 10.5. The van der Waals surface area contributed by atoms with Crippen LogP contribution in [0.5, 0.6) is 0 Å². The Morgan fingerprint density at radius 1 is 1.62 bits per heavy atom. The third kappa shape index (κ3) is 2.02. The predicted octanol–water partition coefficient (Wildman–Crippen LogP) is 1.57. The molecule has 1 saturated carbocycles. The topological polar surface area (TPSA) is 47.6 Å². The van der Waals surface area contributed by atoms with Crippen molar-refractivity contribution < 1.29 is 4.74 Å². The summed E-state index contributed by atoms with van der Waals surface area (Å²) in [5.74, 6) is 1.34. The zero-order valence-corrected chi connectivity index (χ0v) is 8.84. The maximum Gasteiger partial charge on any atom is 0.126 e. The molecule has 3 heteroatoms. The zero-order chi connectivity index (χ0) is 9.90. The van der Waals surface area contributed by atoms with Crippen molar-refractivity contribution in [3.05, 3.63) is 0 Å². The Kier molecular flexibility index (Phi) is 3.31. The minimum atomic E-state index is -0.271. The number of hydrogen-bond acceptors (Lipinski definition) is 2. The Morgan fingerprint density at radius 2 is 2.31 bits per heavy atom. The summed E-state index contributed by atoms with van der Waals surface area (Å²) in [4.78, 5) is 4.06. The maximum atomic E-state index is 5.88. The molecule has 1 rings (SSSR count). The van der Waals surface area contributed by atoms with Gasteiger partial charge in [-0.15, -0.1) is 0 Å². The van der Waals surface area contributed by atoms with Crippen LogP contribution < -0.4 is 5.73 Å². The van der Waals surface area contributed by atoms with Gasteiger partial charge in [0, 0.05) is 14.2 Å². The Balaban J connectivity index is 2.79. The smallest absolute Gasteiger partial charge is 0.126 e. The molecular weight excluding hydrogens is 164 g/mol. The van der Waals surface area contributed by atoms with Gasteiger partial charge in [0.2, 0.25) is 0 Å². The van der Waals surface area contributed by atoms with Gasteiger partial charge in [0.05, 0.1) is 0 Å². The van der Waals surface area contributed by atoms with Crippen molar-refractivity contribution >= 4 is 5.84 Å². The minimum absolute atomic E-state index is 0.271. The first-order chi connectivity index (χ1) is 6.14. The van der Waals surface area contributed by atoms with E-state index in [9.17, 15) is 0 Å². The minimum Gasteiger partial charge on any atom is -0.385 e. The van der Waals surface area contributed by atoms with Crippen molar-refractivity contribution in [1.82, 2.24) is 0 Å². The van der Waals surface area contributed by atoms with Gasteiger partial charge in [0.25, 0.3) is 0 Å². The van der Waals surface area contributed by atoms with Crippen molar-refractivity contribution in [2.75, 3.05) is 14.2 Å². The average Bonchev–Trinajstić information content (AvgIpc) is 2.16. The Morgan fingerprint density at radius 3 is 2.77 bits per heavy atom. The molecule has 0 aliphatic heterocycles. The van der Waals surface area contributed by atoms with Crippen LogP contribution >= 0.6 is 0 Å². The first-order valence-electron chi connectivity index (χ1n) is 4.92. The van der Waals surface area contributed by atoms with E-state index in [1.807, 2.05) is 0 Å². The second-order valence-corrected chi connectivity index (χ2v) is 4.01. The number of aliphatic imine (C=N–C) groups is 1. The highest BCUT2D eigenvalue weighted by Crippen LogP contribution is 2.34. The fourth-order valence-electron chi connectivity index (χ4n) is 2.23. The van der Waals surface area contributed by atoms with Crippen LogP contribution in [0.1, 0.15) is 32.6 Å². The molecule has 2 N–H and O–H groups in total. The number of nitrogens with zero attached hydrogens (tertiary/aromatic N) is 1. The van der Waals surface area contributed by atoms with Gasteiger partial charge in [-0.25, -0.2) is 0 Å². The molecule has 0 aromatic rings. The first-order valence-corrected chi connectivity index (χ1v) is 4.92. The maximum absolute atomic E-state index is 5.88. The fraction of sp³-hybridized carbons (Fsp3) is 0.900. The van der Waals surface area contributed by atoms with E-state index in [0.717, 1.165) is 12.8 Å². The molecule has 0 spiro atoms. The number of ether oxygens (including phenoxy) is 1. The molecule has 0 aromatic heterocycles. The van der Waals surface area contributed by atoms with Crippen LogP contribution in [-0.2, 0) is 4.74 Å². The Bertz CT molecular complexity index is 203. The van der Waals surface area contributed by atoms with Crippen molar-refractivity contribution in [3.8, 4) is 0 Å². The van der Waals surface area contributed by atoms with E-state index >= 15 is 0 Å². The molecule has 1 aliphatic carbocycles. The van der Waals surface area contributed by atoms with E-state index in [1.54, 1.807) is 14.2 Å². The third-order valence-corrected chi connectivity index (χ3v) is 3.05. The normalized spacial score (nSPS) is 36.2. The van der Waals surface area contributed by atoms with E-state index in [1.165, 1.54) is 12.8 Å². The molecule has 0 aromatic carbocycles. The fourth-order valence-corrected chi connectivity index (χ4v) is 2.23. The monoisotopic (exact) mass is 184 g/mol.